The molecule has 0 saturated heterocycles. The van der Waals surface area contributed by atoms with Crippen LogP contribution in [0.25, 0.3) is 0 Å². The van der Waals surface area contributed by atoms with Crippen molar-refractivity contribution in [3.63, 3.8) is 0 Å². The Hall–Kier alpha value is -1.22. The molecule has 76 valence electrons. The second-order valence-electron chi connectivity index (χ2n) is 3.24. The van der Waals surface area contributed by atoms with Crippen LogP contribution in [0, 0.1) is 0 Å². The van der Waals surface area contributed by atoms with Crippen molar-refractivity contribution in [2.75, 3.05) is 24.3 Å². The predicted octanol–water partition coefficient (Wildman–Crippen LogP) is 2.36. The van der Waals surface area contributed by atoms with E-state index in [0.717, 1.165) is 5.69 Å². The molecular weight excluding hydrogens is 200 g/mol. The van der Waals surface area contributed by atoms with Crippen LogP contribution < -0.4 is 10.2 Å². The van der Waals surface area contributed by atoms with Gasteiger partial charge in [-0.05, 0) is 18.2 Å². The number of anilines is 2. The van der Waals surface area contributed by atoms with Gasteiger partial charge >= 0.3 is 0 Å². The van der Waals surface area contributed by atoms with Crippen molar-refractivity contribution >= 4 is 28.9 Å². The summed E-state index contributed by atoms with van der Waals surface area (Å²) in [5.74, 6) is -0.122. The Kier molecular flexibility index (Phi) is 3.36. The Bertz CT molecular complexity index is 350. The first-order valence-corrected chi connectivity index (χ1v) is 4.63. The maximum atomic E-state index is 10.9. The monoisotopic (exact) mass is 212 g/mol. The Balaban J connectivity index is 3.02. The van der Waals surface area contributed by atoms with Crippen molar-refractivity contribution in [2.45, 2.75) is 6.92 Å². The minimum atomic E-state index is -0.122. The summed E-state index contributed by atoms with van der Waals surface area (Å²) in [5, 5.41) is 3.22. The minimum Gasteiger partial charge on any atom is -0.378 e. The lowest BCUT2D eigenvalue weighted by Gasteiger charge is -2.14. The summed E-state index contributed by atoms with van der Waals surface area (Å²) < 4.78 is 0. The van der Waals surface area contributed by atoms with Gasteiger partial charge in [0.05, 0.1) is 10.7 Å². The summed E-state index contributed by atoms with van der Waals surface area (Å²) in [6.45, 7) is 1.46. The van der Waals surface area contributed by atoms with Gasteiger partial charge in [-0.15, -0.1) is 0 Å². The van der Waals surface area contributed by atoms with Crippen LogP contribution in [0.5, 0.6) is 0 Å². The van der Waals surface area contributed by atoms with E-state index in [9.17, 15) is 4.79 Å². The molecule has 0 fully saturated rings. The quantitative estimate of drug-likeness (QED) is 0.817. The molecule has 0 atom stereocenters. The first kappa shape index (κ1) is 10.9. The molecular formula is C10H13ClN2O. The molecule has 1 aromatic carbocycles. The summed E-state index contributed by atoms with van der Waals surface area (Å²) in [5.41, 5.74) is 1.64. The van der Waals surface area contributed by atoms with Crippen LogP contribution in [-0.2, 0) is 4.79 Å². The van der Waals surface area contributed by atoms with E-state index < -0.39 is 0 Å². The summed E-state index contributed by atoms with van der Waals surface area (Å²) in [7, 11) is 3.86. The number of rotatable bonds is 2. The van der Waals surface area contributed by atoms with Gasteiger partial charge in [0.15, 0.2) is 0 Å². The highest BCUT2D eigenvalue weighted by molar-refractivity contribution is 6.33. The highest BCUT2D eigenvalue weighted by Gasteiger charge is 2.04. The van der Waals surface area contributed by atoms with Crippen molar-refractivity contribution in [1.29, 1.82) is 0 Å². The third-order valence-electron chi connectivity index (χ3n) is 1.78. The molecule has 0 unspecified atom stereocenters. The second kappa shape index (κ2) is 4.33. The van der Waals surface area contributed by atoms with E-state index in [4.69, 9.17) is 11.6 Å². The van der Waals surface area contributed by atoms with Gasteiger partial charge in [0.25, 0.3) is 0 Å². The van der Waals surface area contributed by atoms with E-state index in [1.165, 1.54) is 6.92 Å². The smallest absolute Gasteiger partial charge is 0.221 e. The molecule has 1 rings (SSSR count). The Labute approximate surface area is 88.7 Å². The lowest BCUT2D eigenvalue weighted by molar-refractivity contribution is -0.114. The van der Waals surface area contributed by atoms with Gasteiger partial charge in [-0.25, -0.2) is 0 Å². The minimum absolute atomic E-state index is 0.122. The molecule has 3 nitrogen and oxygen atoms in total. The van der Waals surface area contributed by atoms with Crippen molar-refractivity contribution in [3.8, 4) is 0 Å². The van der Waals surface area contributed by atoms with Crippen molar-refractivity contribution < 1.29 is 4.79 Å². The summed E-state index contributed by atoms with van der Waals surface area (Å²) >= 11 is 5.91. The lowest BCUT2D eigenvalue weighted by atomic mass is 10.2. The molecule has 0 radical (unpaired) electrons. The van der Waals surface area contributed by atoms with Crippen LogP contribution in [0.15, 0.2) is 18.2 Å². The van der Waals surface area contributed by atoms with Gasteiger partial charge in [0.1, 0.15) is 0 Å². The molecule has 0 aliphatic heterocycles. The third-order valence-corrected chi connectivity index (χ3v) is 2.11. The van der Waals surface area contributed by atoms with Crippen LogP contribution in [0.4, 0.5) is 11.4 Å². The van der Waals surface area contributed by atoms with E-state index >= 15 is 0 Å². The molecule has 0 aliphatic rings. The summed E-state index contributed by atoms with van der Waals surface area (Å²) in [6.07, 6.45) is 0. The molecule has 0 aliphatic carbocycles. The van der Waals surface area contributed by atoms with Gasteiger partial charge in [0.2, 0.25) is 5.91 Å². The standard InChI is InChI=1S/C10H13ClN2O/c1-7(14)12-10-6-8(13(2)3)4-5-9(10)11/h4-6H,1-3H3,(H,12,14). The maximum Gasteiger partial charge on any atom is 0.221 e. The first-order chi connectivity index (χ1) is 6.50. The Morgan fingerprint density at radius 2 is 2.07 bits per heavy atom. The van der Waals surface area contributed by atoms with Crippen LogP contribution in [0.1, 0.15) is 6.92 Å². The van der Waals surface area contributed by atoms with Gasteiger partial charge in [-0.3, -0.25) is 4.79 Å². The maximum absolute atomic E-state index is 10.9. The summed E-state index contributed by atoms with van der Waals surface area (Å²) in [6, 6.07) is 5.50. The number of hydrogen-bond donors (Lipinski definition) is 1. The molecule has 4 heteroatoms. The number of carbonyl (C=O) groups excluding carboxylic acids is 1. The average Bonchev–Trinajstić information content (AvgIpc) is 2.07. The fourth-order valence-electron chi connectivity index (χ4n) is 1.08. The zero-order valence-electron chi connectivity index (χ0n) is 8.47. The number of nitrogens with one attached hydrogen (secondary N) is 1. The number of amides is 1. The normalized spacial score (nSPS) is 9.71. The largest absolute Gasteiger partial charge is 0.378 e. The van der Waals surface area contributed by atoms with Crippen LogP contribution >= 0.6 is 11.6 Å². The fourth-order valence-corrected chi connectivity index (χ4v) is 1.24. The van der Waals surface area contributed by atoms with Gasteiger partial charge in [-0.1, -0.05) is 11.6 Å². The highest BCUT2D eigenvalue weighted by Crippen LogP contribution is 2.26. The molecule has 0 bridgehead atoms. The topological polar surface area (TPSA) is 32.3 Å². The van der Waals surface area contributed by atoms with Gasteiger partial charge < -0.3 is 10.2 Å². The molecule has 14 heavy (non-hydrogen) atoms. The number of halogens is 1. The molecule has 1 amide bonds. The summed E-state index contributed by atoms with van der Waals surface area (Å²) in [4.78, 5) is 12.8. The van der Waals surface area contributed by atoms with Gasteiger partial charge in [0, 0.05) is 26.7 Å². The van der Waals surface area contributed by atoms with Crippen molar-refractivity contribution in [3.05, 3.63) is 23.2 Å². The van der Waals surface area contributed by atoms with E-state index in [2.05, 4.69) is 5.32 Å². The predicted molar refractivity (Wildman–Crippen MR) is 60.1 cm³/mol. The van der Waals surface area contributed by atoms with Crippen LogP contribution in [0.3, 0.4) is 0 Å². The number of carbonyl (C=O) groups is 1. The molecule has 0 aromatic heterocycles. The van der Waals surface area contributed by atoms with E-state index in [1.54, 1.807) is 6.07 Å². The number of nitrogens with zero attached hydrogens (tertiary/aromatic N) is 1. The third kappa shape index (κ3) is 2.64. The highest BCUT2D eigenvalue weighted by atomic mass is 35.5. The zero-order valence-corrected chi connectivity index (χ0v) is 9.22. The van der Waals surface area contributed by atoms with E-state index in [0.29, 0.717) is 10.7 Å². The van der Waals surface area contributed by atoms with Crippen LogP contribution in [0.2, 0.25) is 5.02 Å². The average molecular weight is 213 g/mol. The van der Waals surface area contributed by atoms with Crippen molar-refractivity contribution in [1.82, 2.24) is 0 Å². The Morgan fingerprint density at radius 3 is 2.57 bits per heavy atom. The molecule has 1 aromatic rings. The molecule has 0 heterocycles. The second-order valence-corrected chi connectivity index (χ2v) is 3.65. The van der Waals surface area contributed by atoms with Crippen LogP contribution in [-0.4, -0.2) is 20.0 Å². The molecule has 1 N–H and O–H groups in total. The zero-order chi connectivity index (χ0) is 10.7. The number of benzene rings is 1. The lowest BCUT2D eigenvalue weighted by Crippen LogP contribution is -2.11. The SMILES string of the molecule is CC(=O)Nc1cc(N(C)C)ccc1Cl. The van der Waals surface area contributed by atoms with Gasteiger partial charge in [-0.2, -0.15) is 0 Å². The van der Waals surface area contributed by atoms with E-state index in [-0.39, 0.29) is 5.91 Å². The van der Waals surface area contributed by atoms with E-state index in [1.807, 2.05) is 31.1 Å². The number of hydrogen-bond acceptors (Lipinski definition) is 2. The molecule has 0 saturated carbocycles. The fraction of sp³-hybridized carbons (Fsp3) is 0.300. The first-order valence-electron chi connectivity index (χ1n) is 4.25. The molecule has 0 spiro atoms. The van der Waals surface area contributed by atoms with Crippen molar-refractivity contribution in [2.24, 2.45) is 0 Å². The Morgan fingerprint density at radius 1 is 1.43 bits per heavy atom.